The van der Waals surface area contributed by atoms with Crippen LogP contribution in [-0.2, 0) is 4.79 Å². The predicted octanol–water partition coefficient (Wildman–Crippen LogP) is 3.63. The van der Waals surface area contributed by atoms with Gasteiger partial charge in [-0.05, 0) is 45.0 Å². The molecule has 5 nitrogen and oxygen atoms in total. The smallest absolute Gasteiger partial charge is 0.304 e. The molecule has 31 heavy (non-hydrogen) atoms. The van der Waals surface area contributed by atoms with Gasteiger partial charge >= 0.3 is 5.91 Å². The Morgan fingerprint density at radius 1 is 0.839 bits per heavy atom. The van der Waals surface area contributed by atoms with Crippen molar-refractivity contribution in [2.45, 2.75) is 32.9 Å². The van der Waals surface area contributed by atoms with Gasteiger partial charge < -0.3 is 5.32 Å². The maximum absolute atomic E-state index is 12.9. The van der Waals surface area contributed by atoms with Crippen LogP contribution in [0.2, 0.25) is 0 Å². The third-order valence-electron chi connectivity index (χ3n) is 5.52. The highest BCUT2D eigenvalue weighted by Gasteiger charge is 2.47. The molecule has 0 radical (unpaired) electrons. The van der Waals surface area contributed by atoms with Crippen LogP contribution in [0.4, 0.5) is 0 Å². The Morgan fingerprint density at radius 3 is 1.94 bits per heavy atom. The summed E-state index contributed by atoms with van der Waals surface area (Å²) in [6.45, 7) is 6.03. The van der Waals surface area contributed by atoms with Crippen molar-refractivity contribution in [1.82, 2.24) is 10.7 Å². The molecular formula is C26H26N3O2+. The van der Waals surface area contributed by atoms with Gasteiger partial charge in [0.1, 0.15) is 0 Å². The Bertz CT molecular complexity index is 1130. The topological polar surface area (TPSA) is 61.2 Å². The number of nitrogens with one attached hydrogen (secondary N) is 2. The van der Waals surface area contributed by atoms with Crippen LogP contribution < -0.4 is 10.7 Å². The van der Waals surface area contributed by atoms with E-state index in [1.54, 1.807) is 16.8 Å². The number of rotatable bonds is 4. The molecule has 4 rings (SSSR count). The van der Waals surface area contributed by atoms with E-state index in [0.717, 1.165) is 22.3 Å². The van der Waals surface area contributed by atoms with Crippen LogP contribution in [0.1, 0.15) is 44.2 Å². The zero-order valence-corrected chi connectivity index (χ0v) is 17.9. The number of hydrazine groups is 1. The van der Waals surface area contributed by atoms with Crippen molar-refractivity contribution in [3.05, 3.63) is 106 Å². The average molecular weight is 413 g/mol. The highest BCUT2D eigenvalue weighted by atomic mass is 16.2. The standard InChI is InChI=1S/C26H25N3O2/c1-17-4-10-20(11-5-17)16-29-24(21-12-6-18(2)7-13-21)23(26(31)28-29)27-25(30)22-14-8-19(3)9-15-22/h4-16,23-24H,1-3H3,(H-,27,28,30,31)/p+1/b29-16-/t23-,24-/m0/s1. The first-order valence-corrected chi connectivity index (χ1v) is 10.4. The van der Waals surface area contributed by atoms with Gasteiger partial charge in [0, 0.05) is 16.7 Å². The number of carbonyl (C=O) groups is 2. The second-order valence-corrected chi connectivity index (χ2v) is 8.10. The molecule has 5 heteroatoms. The summed E-state index contributed by atoms with van der Waals surface area (Å²) in [6.07, 6.45) is 1.90. The lowest BCUT2D eigenvalue weighted by molar-refractivity contribution is -0.596. The molecule has 0 unspecified atom stereocenters. The van der Waals surface area contributed by atoms with Crippen LogP contribution >= 0.6 is 0 Å². The van der Waals surface area contributed by atoms with E-state index in [-0.39, 0.29) is 17.9 Å². The van der Waals surface area contributed by atoms with Crippen LogP contribution in [0, 0.1) is 20.8 Å². The minimum absolute atomic E-state index is 0.241. The van der Waals surface area contributed by atoms with E-state index in [2.05, 4.69) is 10.7 Å². The summed E-state index contributed by atoms with van der Waals surface area (Å²) in [4.78, 5) is 25.8. The van der Waals surface area contributed by atoms with Gasteiger partial charge in [-0.2, -0.15) is 0 Å². The summed E-state index contributed by atoms with van der Waals surface area (Å²) in [5.41, 5.74) is 8.74. The maximum atomic E-state index is 12.9. The second kappa shape index (κ2) is 8.56. The van der Waals surface area contributed by atoms with Crippen molar-refractivity contribution in [1.29, 1.82) is 0 Å². The van der Waals surface area contributed by atoms with Crippen LogP contribution in [0.3, 0.4) is 0 Å². The molecule has 1 heterocycles. The number of nitrogens with zero attached hydrogens (tertiary/aromatic N) is 1. The van der Waals surface area contributed by atoms with Gasteiger partial charge in [-0.25, -0.2) is 0 Å². The number of amides is 2. The Morgan fingerprint density at radius 2 is 1.35 bits per heavy atom. The van der Waals surface area contributed by atoms with Crippen molar-refractivity contribution >= 4 is 18.0 Å². The van der Waals surface area contributed by atoms with Gasteiger partial charge in [-0.15, -0.1) is 10.1 Å². The Kier molecular flexibility index (Phi) is 5.67. The molecule has 2 atom stereocenters. The number of hydrogen-bond acceptors (Lipinski definition) is 2. The van der Waals surface area contributed by atoms with Crippen LogP contribution in [0.25, 0.3) is 0 Å². The first kappa shape index (κ1) is 20.5. The van der Waals surface area contributed by atoms with Crippen LogP contribution in [-0.4, -0.2) is 28.8 Å². The van der Waals surface area contributed by atoms with E-state index >= 15 is 0 Å². The summed E-state index contributed by atoms with van der Waals surface area (Å²) in [5, 5.41) is 2.94. The van der Waals surface area contributed by atoms with Crippen molar-refractivity contribution in [2.24, 2.45) is 0 Å². The molecule has 1 aliphatic rings. The van der Waals surface area contributed by atoms with Gasteiger partial charge in [0.2, 0.25) is 12.3 Å². The van der Waals surface area contributed by atoms with Gasteiger partial charge in [-0.1, -0.05) is 65.2 Å². The maximum Gasteiger partial charge on any atom is 0.304 e. The second-order valence-electron chi connectivity index (χ2n) is 8.10. The van der Waals surface area contributed by atoms with Crippen molar-refractivity contribution in [3.8, 4) is 0 Å². The van der Waals surface area contributed by atoms with E-state index in [1.807, 2.05) is 87.6 Å². The molecule has 156 valence electrons. The van der Waals surface area contributed by atoms with Gasteiger partial charge in [0.05, 0.1) is 0 Å². The normalized spacial score (nSPS) is 19.3. The molecule has 3 aromatic carbocycles. The Hall–Kier alpha value is -3.73. The molecule has 0 bridgehead atoms. The van der Waals surface area contributed by atoms with Gasteiger partial charge in [0.25, 0.3) is 5.91 Å². The molecular weight excluding hydrogens is 386 g/mol. The molecule has 1 aliphatic heterocycles. The van der Waals surface area contributed by atoms with Gasteiger partial charge in [-0.3, -0.25) is 9.59 Å². The zero-order chi connectivity index (χ0) is 22.0. The molecule has 3 aromatic rings. The fourth-order valence-corrected chi connectivity index (χ4v) is 3.69. The lowest BCUT2D eigenvalue weighted by atomic mass is 9.98. The van der Waals surface area contributed by atoms with Crippen molar-refractivity contribution in [3.63, 3.8) is 0 Å². The summed E-state index contributed by atoms with van der Waals surface area (Å²) in [5.74, 6) is -0.510. The Labute approximate surface area is 182 Å². The Balaban J connectivity index is 1.69. The average Bonchev–Trinajstić information content (AvgIpc) is 3.05. The van der Waals surface area contributed by atoms with E-state index in [1.165, 1.54) is 5.56 Å². The fourth-order valence-electron chi connectivity index (χ4n) is 3.69. The first-order valence-electron chi connectivity index (χ1n) is 10.4. The lowest BCUT2D eigenvalue weighted by Crippen LogP contribution is -2.42. The van der Waals surface area contributed by atoms with E-state index in [9.17, 15) is 9.59 Å². The fraction of sp³-hybridized carbons (Fsp3) is 0.192. The molecule has 2 amide bonds. The van der Waals surface area contributed by atoms with Crippen molar-refractivity contribution < 1.29 is 14.3 Å². The van der Waals surface area contributed by atoms with Crippen LogP contribution in [0.15, 0.2) is 72.8 Å². The highest BCUT2D eigenvalue weighted by Crippen LogP contribution is 2.26. The monoisotopic (exact) mass is 412 g/mol. The lowest BCUT2D eigenvalue weighted by Gasteiger charge is -2.15. The molecule has 1 saturated heterocycles. The third-order valence-corrected chi connectivity index (χ3v) is 5.52. The third kappa shape index (κ3) is 4.56. The molecule has 1 fully saturated rings. The number of carbonyl (C=O) groups excluding carboxylic acids is 2. The van der Waals surface area contributed by atoms with E-state index in [0.29, 0.717) is 5.56 Å². The number of aryl methyl sites for hydroxylation is 3. The summed E-state index contributed by atoms with van der Waals surface area (Å²) >= 11 is 0. The molecule has 0 aromatic heterocycles. The van der Waals surface area contributed by atoms with Crippen molar-refractivity contribution in [2.75, 3.05) is 0 Å². The summed E-state index contributed by atoms with van der Waals surface area (Å²) < 4.78 is 1.79. The SMILES string of the molecule is Cc1ccc(/C=[N+]2\NC(=O)[C@@H](NC(=O)c3ccc(C)cc3)[C@@H]2c2ccc(C)cc2)cc1. The highest BCUT2D eigenvalue weighted by molar-refractivity contribution is 5.98. The molecule has 2 N–H and O–H groups in total. The quantitative estimate of drug-likeness (QED) is 0.643. The summed E-state index contributed by atoms with van der Waals surface area (Å²) in [7, 11) is 0. The predicted molar refractivity (Wildman–Crippen MR) is 121 cm³/mol. The van der Waals surface area contributed by atoms with E-state index < -0.39 is 6.04 Å². The zero-order valence-electron chi connectivity index (χ0n) is 17.9. The largest absolute Gasteiger partial charge is 0.334 e. The minimum atomic E-state index is -0.724. The minimum Gasteiger partial charge on any atom is -0.334 e. The molecule has 0 spiro atoms. The number of hydrazone groups is 1. The number of hydrogen-bond donors (Lipinski definition) is 2. The molecule has 0 aliphatic carbocycles. The summed E-state index contributed by atoms with van der Waals surface area (Å²) in [6, 6.07) is 22.3. The van der Waals surface area contributed by atoms with E-state index in [4.69, 9.17) is 0 Å². The number of benzene rings is 3. The molecule has 0 saturated carbocycles. The van der Waals surface area contributed by atoms with Gasteiger partial charge in [0.15, 0.2) is 6.04 Å². The first-order chi connectivity index (χ1) is 14.9. The van der Waals surface area contributed by atoms with Crippen LogP contribution in [0.5, 0.6) is 0 Å².